The van der Waals surface area contributed by atoms with Crippen LogP contribution in [-0.2, 0) is 14.8 Å². The normalized spacial score (nSPS) is 24.6. The molecule has 7 heteroatoms. The molecule has 3 rings (SSSR count). The molecule has 0 amide bonds. The number of halogens is 1. The number of hydrogen-bond donors (Lipinski definition) is 1. The molecule has 1 saturated carbocycles. The van der Waals surface area contributed by atoms with Crippen molar-refractivity contribution in [2.45, 2.75) is 48.7 Å². The lowest BCUT2D eigenvalue weighted by Gasteiger charge is -2.46. The van der Waals surface area contributed by atoms with E-state index in [9.17, 15) is 12.8 Å². The first-order chi connectivity index (χ1) is 9.88. The monoisotopic (exact) mass is 315 g/mol. The Balaban J connectivity index is 1.81. The molecule has 2 aliphatic rings. The van der Waals surface area contributed by atoms with Crippen LogP contribution < -0.4 is 9.88 Å². The second-order valence-corrected chi connectivity index (χ2v) is 7.28. The lowest BCUT2D eigenvalue weighted by Crippen LogP contribution is -2.48. The van der Waals surface area contributed by atoms with Crippen LogP contribution in [0, 0.1) is 5.82 Å². The molecule has 0 bridgehead atoms. The maximum atomic E-state index is 13.2. The summed E-state index contributed by atoms with van der Waals surface area (Å²) in [6.07, 6.45) is 4.45. The summed E-state index contributed by atoms with van der Waals surface area (Å²) in [6, 6.07) is 3.38. The summed E-state index contributed by atoms with van der Waals surface area (Å²) in [5.41, 5.74) is -0.106. The largest absolute Gasteiger partial charge is 0.489 e. The molecule has 1 atom stereocenters. The topological polar surface area (TPSA) is 78.6 Å². The molecular weight excluding hydrogens is 297 g/mol. The molecule has 1 saturated heterocycles. The van der Waals surface area contributed by atoms with E-state index in [1.54, 1.807) is 0 Å². The summed E-state index contributed by atoms with van der Waals surface area (Å²) in [5.74, 6) is -0.547. The quantitative estimate of drug-likeness (QED) is 0.924. The fraction of sp³-hybridized carbons (Fsp3) is 0.571. The van der Waals surface area contributed by atoms with Crippen LogP contribution in [0.1, 0.15) is 32.1 Å². The molecule has 5 nitrogen and oxygen atoms in total. The van der Waals surface area contributed by atoms with E-state index in [0.717, 1.165) is 31.7 Å². The molecule has 116 valence electrons. The first-order valence-corrected chi connectivity index (χ1v) is 8.56. The first-order valence-electron chi connectivity index (χ1n) is 7.01. The van der Waals surface area contributed by atoms with E-state index < -0.39 is 15.8 Å². The summed E-state index contributed by atoms with van der Waals surface area (Å²) in [6.45, 7) is 0.594. The van der Waals surface area contributed by atoms with E-state index in [1.165, 1.54) is 12.1 Å². The number of nitrogens with two attached hydrogens (primary N) is 1. The van der Waals surface area contributed by atoms with Crippen LogP contribution in [-0.4, -0.2) is 26.7 Å². The van der Waals surface area contributed by atoms with Crippen molar-refractivity contribution in [1.29, 1.82) is 0 Å². The van der Waals surface area contributed by atoms with Crippen molar-refractivity contribution in [3.63, 3.8) is 0 Å². The van der Waals surface area contributed by atoms with Gasteiger partial charge in [-0.1, -0.05) is 0 Å². The Hall–Kier alpha value is -1.18. The third kappa shape index (κ3) is 3.04. The predicted octanol–water partition coefficient (Wildman–Crippen LogP) is 1.95. The zero-order valence-corrected chi connectivity index (χ0v) is 12.4. The summed E-state index contributed by atoms with van der Waals surface area (Å²) in [4.78, 5) is -0.309. The van der Waals surface area contributed by atoms with E-state index in [-0.39, 0.29) is 22.4 Å². The molecule has 0 radical (unpaired) electrons. The molecule has 21 heavy (non-hydrogen) atoms. The molecule has 1 spiro atoms. The second kappa shape index (κ2) is 5.23. The summed E-state index contributed by atoms with van der Waals surface area (Å²) in [7, 11) is -4.02. The minimum atomic E-state index is -4.02. The molecule has 1 unspecified atom stereocenters. The van der Waals surface area contributed by atoms with Gasteiger partial charge in [-0.3, -0.25) is 0 Å². The average molecular weight is 315 g/mol. The molecule has 1 aliphatic heterocycles. The van der Waals surface area contributed by atoms with Gasteiger partial charge in [-0.25, -0.2) is 17.9 Å². The predicted molar refractivity (Wildman–Crippen MR) is 74.0 cm³/mol. The highest BCUT2D eigenvalue weighted by Gasteiger charge is 2.43. The third-order valence-corrected chi connectivity index (χ3v) is 5.15. The van der Waals surface area contributed by atoms with Crippen molar-refractivity contribution in [3.8, 4) is 5.75 Å². The van der Waals surface area contributed by atoms with Gasteiger partial charge in [-0.2, -0.15) is 0 Å². The molecule has 2 N–H and O–H groups in total. The van der Waals surface area contributed by atoms with E-state index in [0.29, 0.717) is 13.0 Å². The minimum absolute atomic E-state index is 0.106. The van der Waals surface area contributed by atoms with Gasteiger partial charge < -0.3 is 9.47 Å². The van der Waals surface area contributed by atoms with E-state index in [2.05, 4.69) is 0 Å². The van der Waals surface area contributed by atoms with Crippen molar-refractivity contribution < 1.29 is 22.3 Å². The summed E-state index contributed by atoms with van der Waals surface area (Å²) < 4.78 is 47.9. The van der Waals surface area contributed by atoms with E-state index >= 15 is 0 Å². The number of primary sulfonamides is 1. The lowest BCUT2D eigenvalue weighted by molar-refractivity contribution is -0.153. The van der Waals surface area contributed by atoms with Gasteiger partial charge in [0.2, 0.25) is 10.0 Å². The van der Waals surface area contributed by atoms with Crippen molar-refractivity contribution in [1.82, 2.24) is 0 Å². The first kappa shape index (κ1) is 14.7. The molecule has 1 heterocycles. The molecule has 1 aromatic carbocycles. The number of rotatable bonds is 3. The van der Waals surface area contributed by atoms with Crippen LogP contribution >= 0.6 is 0 Å². The Morgan fingerprint density at radius 1 is 1.38 bits per heavy atom. The van der Waals surface area contributed by atoms with Gasteiger partial charge in [0.15, 0.2) is 0 Å². The minimum Gasteiger partial charge on any atom is -0.489 e. The van der Waals surface area contributed by atoms with Gasteiger partial charge in [0.05, 0.1) is 12.2 Å². The van der Waals surface area contributed by atoms with Crippen LogP contribution in [0.4, 0.5) is 4.39 Å². The summed E-state index contributed by atoms with van der Waals surface area (Å²) >= 11 is 0. The molecule has 1 aromatic rings. The summed E-state index contributed by atoms with van der Waals surface area (Å²) in [5, 5.41) is 5.12. The van der Waals surface area contributed by atoms with Gasteiger partial charge in [-0.15, -0.1) is 0 Å². The van der Waals surface area contributed by atoms with Gasteiger partial charge in [0.1, 0.15) is 22.6 Å². The van der Waals surface area contributed by atoms with Crippen LogP contribution in [0.5, 0.6) is 5.75 Å². The number of hydrogen-bond acceptors (Lipinski definition) is 4. The Bertz CT molecular complexity index is 642. The molecule has 2 fully saturated rings. The van der Waals surface area contributed by atoms with Gasteiger partial charge in [-0.05, 0) is 37.5 Å². The molecule has 1 aliphatic carbocycles. The highest BCUT2D eigenvalue weighted by Crippen LogP contribution is 2.43. The van der Waals surface area contributed by atoms with Crippen molar-refractivity contribution >= 4 is 10.0 Å². The maximum absolute atomic E-state index is 13.2. The van der Waals surface area contributed by atoms with E-state index in [1.807, 2.05) is 0 Å². The standard InChI is InChI=1S/C14H18FNO4S/c15-10-2-3-12(13(8-10)21(16,17)18)20-11-4-7-19-14(9-11)5-1-6-14/h2-3,8,11H,1,4-7,9H2,(H2,16,17,18). The second-order valence-electron chi connectivity index (χ2n) is 5.75. The SMILES string of the molecule is NS(=O)(=O)c1cc(F)ccc1OC1CCOC2(CCC2)C1. The van der Waals surface area contributed by atoms with E-state index in [4.69, 9.17) is 14.6 Å². The molecular formula is C14H18FNO4S. The lowest BCUT2D eigenvalue weighted by atomic mass is 9.74. The van der Waals surface area contributed by atoms with Crippen molar-refractivity contribution in [2.75, 3.05) is 6.61 Å². The number of benzene rings is 1. The van der Waals surface area contributed by atoms with Gasteiger partial charge in [0.25, 0.3) is 0 Å². The highest BCUT2D eigenvalue weighted by atomic mass is 32.2. The number of ether oxygens (including phenoxy) is 2. The van der Waals surface area contributed by atoms with Crippen molar-refractivity contribution in [3.05, 3.63) is 24.0 Å². The van der Waals surface area contributed by atoms with Crippen LogP contribution in [0.2, 0.25) is 0 Å². The fourth-order valence-corrected chi connectivity index (χ4v) is 3.66. The van der Waals surface area contributed by atoms with Crippen LogP contribution in [0.15, 0.2) is 23.1 Å². The van der Waals surface area contributed by atoms with Gasteiger partial charge >= 0.3 is 0 Å². The zero-order valence-electron chi connectivity index (χ0n) is 11.5. The Morgan fingerprint density at radius 2 is 2.14 bits per heavy atom. The van der Waals surface area contributed by atoms with Gasteiger partial charge in [0, 0.05) is 12.8 Å². The smallest absolute Gasteiger partial charge is 0.241 e. The average Bonchev–Trinajstić information content (AvgIpc) is 2.38. The van der Waals surface area contributed by atoms with Crippen LogP contribution in [0.25, 0.3) is 0 Å². The van der Waals surface area contributed by atoms with Crippen molar-refractivity contribution in [2.24, 2.45) is 5.14 Å². The molecule has 0 aromatic heterocycles. The number of sulfonamides is 1. The zero-order chi connectivity index (χ0) is 15.1. The van der Waals surface area contributed by atoms with Crippen LogP contribution in [0.3, 0.4) is 0 Å². The fourth-order valence-electron chi connectivity index (χ4n) is 2.98. The Labute approximate surface area is 123 Å². The maximum Gasteiger partial charge on any atom is 0.241 e. The Morgan fingerprint density at radius 3 is 2.76 bits per heavy atom. The third-order valence-electron chi connectivity index (χ3n) is 4.22. The highest BCUT2D eigenvalue weighted by molar-refractivity contribution is 7.89. The Kier molecular flexibility index (Phi) is 3.67.